The van der Waals surface area contributed by atoms with E-state index in [9.17, 15) is 17.8 Å². The largest absolute Gasteiger partial charge is 0.455 e. The molecular formula is C41H42N3O5S+. The van der Waals surface area contributed by atoms with Gasteiger partial charge in [-0.05, 0) is 55.3 Å². The number of hydrogen-bond acceptors (Lipinski definition) is 5. The van der Waals surface area contributed by atoms with Gasteiger partial charge >= 0.3 is 0 Å². The number of carbonyl (C=O) groups excluding carboxylic acids is 1. The van der Waals surface area contributed by atoms with Crippen molar-refractivity contribution in [3.8, 4) is 11.5 Å². The number of nitrogens with zero attached hydrogens (tertiary/aromatic N) is 2. The zero-order valence-corrected chi connectivity index (χ0v) is 29.9. The average Bonchev–Trinajstić information content (AvgIpc) is 3.51. The molecule has 0 aromatic heterocycles. The first-order valence-corrected chi connectivity index (χ1v) is 18.9. The lowest BCUT2D eigenvalue weighted by atomic mass is 9.81. The van der Waals surface area contributed by atoms with E-state index < -0.39 is 10.1 Å². The minimum Gasteiger partial charge on any atom is -0.455 e. The van der Waals surface area contributed by atoms with Gasteiger partial charge in [0.1, 0.15) is 11.5 Å². The minimum absolute atomic E-state index is 0.0980. The van der Waals surface area contributed by atoms with Crippen molar-refractivity contribution in [2.45, 2.75) is 51.5 Å². The molecule has 5 aromatic rings. The van der Waals surface area contributed by atoms with Gasteiger partial charge in [0.25, 0.3) is 16.0 Å². The zero-order valence-electron chi connectivity index (χ0n) is 29.1. The number of ether oxygens (including phenoxy) is 1. The molecule has 256 valence electrons. The standard InChI is InChI=1S/C41H41N3O5S/c1-40(2)23-43(19-10-20-50(46,47)48)35-29-13-8-6-11-27(29)31-21-32-28-12-7-9-14-30(28)36-34(38(32)49-37(31)33(35)40)41(3,4)24-44(36)22-25-15-17-26(18-16-25)39(45)42-5/h6-9,11-18,21H,10,19-20,22-24H2,1-5H3,(H-,42,45,46,47,48)/p+1. The molecule has 0 atom stereocenters. The first-order valence-electron chi connectivity index (χ1n) is 17.2. The van der Waals surface area contributed by atoms with Crippen molar-refractivity contribution in [2.24, 2.45) is 0 Å². The summed E-state index contributed by atoms with van der Waals surface area (Å²) >= 11 is 0. The molecule has 1 amide bonds. The van der Waals surface area contributed by atoms with Gasteiger partial charge in [-0.15, -0.1) is 0 Å². The molecule has 0 aliphatic carbocycles. The number of fused-ring (bicyclic) bond motifs is 12. The fraction of sp³-hybridized carbons (Fsp3) is 0.317. The highest BCUT2D eigenvalue weighted by Gasteiger charge is 2.45. The summed E-state index contributed by atoms with van der Waals surface area (Å²) in [5, 5.41) is 9.50. The van der Waals surface area contributed by atoms with Gasteiger partial charge in [-0.2, -0.15) is 8.42 Å². The maximum absolute atomic E-state index is 12.2. The lowest BCUT2D eigenvalue weighted by Crippen LogP contribution is -2.30. The predicted molar refractivity (Wildman–Crippen MR) is 200 cm³/mol. The van der Waals surface area contributed by atoms with Crippen molar-refractivity contribution >= 4 is 49.3 Å². The summed E-state index contributed by atoms with van der Waals surface area (Å²) in [6.07, 6.45) is 2.65. The summed E-state index contributed by atoms with van der Waals surface area (Å²) in [4.78, 5) is 14.5. The lowest BCUT2D eigenvalue weighted by molar-refractivity contribution is 0.0963. The Kier molecular flexibility index (Phi) is 7.40. The first-order chi connectivity index (χ1) is 23.8. The Morgan fingerprint density at radius 2 is 1.54 bits per heavy atom. The summed E-state index contributed by atoms with van der Waals surface area (Å²) in [5.41, 5.74) is 5.72. The number of hydrogen-bond donors (Lipinski definition) is 2. The Morgan fingerprint density at radius 3 is 2.22 bits per heavy atom. The molecule has 5 aromatic carbocycles. The predicted octanol–water partition coefficient (Wildman–Crippen LogP) is 5.65. The molecule has 3 aliphatic heterocycles. The third kappa shape index (κ3) is 5.17. The Bertz CT molecular complexity index is 2500. The molecule has 0 spiro atoms. The average molecular weight is 689 g/mol. The molecule has 0 saturated heterocycles. The van der Waals surface area contributed by atoms with Crippen LogP contribution in [0.1, 0.15) is 66.7 Å². The van der Waals surface area contributed by atoms with Crippen LogP contribution < -0.4 is 30.1 Å². The molecule has 50 heavy (non-hydrogen) atoms. The van der Waals surface area contributed by atoms with E-state index >= 15 is 0 Å². The maximum Gasteiger partial charge on any atom is 0.264 e. The number of rotatable bonds is 7. The molecule has 3 heterocycles. The second-order valence-corrected chi connectivity index (χ2v) is 16.8. The highest BCUT2D eigenvalue weighted by atomic mass is 32.2. The Morgan fingerprint density at radius 1 is 0.880 bits per heavy atom. The first kappa shape index (κ1) is 32.5. The monoisotopic (exact) mass is 688 g/mol. The zero-order chi connectivity index (χ0) is 35.2. The van der Waals surface area contributed by atoms with E-state index in [1.165, 1.54) is 16.3 Å². The summed E-state index contributed by atoms with van der Waals surface area (Å²) in [7, 11) is -2.41. The molecule has 8 nitrogen and oxygen atoms in total. The fourth-order valence-corrected chi connectivity index (χ4v) is 9.16. The number of amides is 1. The van der Waals surface area contributed by atoms with Crippen LogP contribution in [0.2, 0.25) is 0 Å². The highest BCUT2D eigenvalue weighted by molar-refractivity contribution is 7.85. The van der Waals surface area contributed by atoms with Crippen LogP contribution in [0.5, 0.6) is 11.5 Å². The SMILES string of the molecule is CNC(=O)c1ccc(C[N+]2=c3c(c4c(c5ccccc35)=Cc3c(c5c(c6ccccc36)N(CCCS(=O)(=O)O)CC5(C)C)O4)C(C)(C)C2)cc1. The van der Waals surface area contributed by atoms with Crippen LogP contribution >= 0.6 is 0 Å². The van der Waals surface area contributed by atoms with E-state index in [-0.39, 0.29) is 22.5 Å². The third-order valence-corrected chi connectivity index (χ3v) is 11.5. The quantitative estimate of drug-likeness (QED) is 0.166. The second kappa shape index (κ2) is 11.4. The van der Waals surface area contributed by atoms with Gasteiger partial charge in [-0.25, -0.2) is 4.58 Å². The van der Waals surface area contributed by atoms with Crippen LogP contribution in [-0.2, 0) is 27.5 Å². The number of carbonyl (C=O) groups is 1. The van der Waals surface area contributed by atoms with Gasteiger partial charge in [0.2, 0.25) is 5.36 Å². The van der Waals surface area contributed by atoms with Gasteiger partial charge < -0.3 is 15.0 Å². The number of anilines is 1. The van der Waals surface area contributed by atoms with Gasteiger partial charge in [-0.1, -0.05) is 68.4 Å². The molecule has 8 rings (SSSR count). The molecule has 0 unspecified atom stereocenters. The van der Waals surface area contributed by atoms with Crippen LogP contribution in [0.25, 0.3) is 27.6 Å². The van der Waals surface area contributed by atoms with Gasteiger partial charge in [-0.3, -0.25) is 9.35 Å². The van der Waals surface area contributed by atoms with Crippen molar-refractivity contribution in [3.63, 3.8) is 0 Å². The summed E-state index contributed by atoms with van der Waals surface area (Å²) in [5.74, 6) is 1.39. The molecular weight excluding hydrogens is 647 g/mol. The summed E-state index contributed by atoms with van der Waals surface area (Å²) in [6, 6.07) is 24.9. The van der Waals surface area contributed by atoms with E-state index in [2.05, 4.69) is 97.1 Å². The number of benzene rings is 5. The smallest absolute Gasteiger partial charge is 0.264 e. The van der Waals surface area contributed by atoms with Crippen LogP contribution in [0.4, 0.5) is 5.69 Å². The van der Waals surface area contributed by atoms with E-state index in [1.54, 1.807) is 7.05 Å². The maximum atomic E-state index is 12.2. The van der Waals surface area contributed by atoms with E-state index in [0.717, 1.165) is 61.8 Å². The van der Waals surface area contributed by atoms with E-state index in [1.807, 2.05) is 24.3 Å². The third-order valence-electron chi connectivity index (χ3n) is 10.7. The molecule has 0 fully saturated rings. The summed E-state index contributed by atoms with van der Waals surface area (Å²) < 4.78 is 42.5. The molecule has 9 heteroatoms. The second-order valence-electron chi connectivity index (χ2n) is 15.2. The van der Waals surface area contributed by atoms with Crippen LogP contribution in [0, 0.1) is 0 Å². The molecule has 0 saturated carbocycles. The highest BCUT2D eigenvalue weighted by Crippen LogP contribution is 2.54. The minimum atomic E-state index is -4.05. The Balaban J connectivity index is 1.36. The van der Waals surface area contributed by atoms with Crippen LogP contribution in [0.15, 0.2) is 72.8 Å². The van der Waals surface area contributed by atoms with Crippen molar-refractivity contribution in [1.82, 2.24) is 9.89 Å². The molecule has 2 N–H and O–H groups in total. The van der Waals surface area contributed by atoms with Gasteiger partial charge in [0.05, 0.1) is 27.8 Å². The van der Waals surface area contributed by atoms with E-state index in [0.29, 0.717) is 31.6 Å². The number of nitrogens with one attached hydrogen (secondary N) is 1. The van der Waals surface area contributed by atoms with E-state index in [4.69, 9.17) is 4.74 Å². The molecule has 0 radical (unpaired) electrons. The lowest BCUT2D eigenvalue weighted by Gasteiger charge is -2.28. The van der Waals surface area contributed by atoms with Gasteiger partial charge in [0.15, 0.2) is 13.1 Å². The molecule has 0 bridgehead atoms. The summed E-state index contributed by atoms with van der Waals surface area (Å²) in [6.45, 7) is 11.8. The molecule has 3 aliphatic rings. The normalized spacial score (nSPS) is 16.8. The van der Waals surface area contributed by atoms with Crippen molar-refractivity contribution in [1.29, 1.82) is 0 Å². The Labute approximate surface area is 292 Å². The van der Waals surface area contributed by atoms with Crippen molar-refractivity contribution < 1.29 is 22.5 Å². The van der Waals surface area contributed by atoms with Crippen molar-refractivity contribution in [3.05, 3.63) is 111 Å². The van der Waals surface area contributed by atoms with Gasteiger partial charge in [0, 0.05) is 58.4 Å². The van der Waals surface area contributed by atoms with Crippen LogP contribution in [0.3, 0.4) is 0 Å². The topological polar surface area (TPSA) is 99.0 Å². The Hall–Kier alpha value is -4.73. The fourth-order valence-electron chi connectivity index (χ4n) is 8.67. The van der Waals surface area contributed by atoms with Crippen LogP contribution in [-0.4, -0.2) is 51.3 Å². The van der Waals surface area contributed by atoms with Crippen molar-refractivity contribution in [2.75, 3.05) is 37.3 Å².